The number of unbranched alkanes of at least 4 members (excludes halogenated alkanes) is 49. The van der Waals surface area contributed by atoms with E-state index in [0.717, 1.165) is 38.5 Å². The van der Waals surface area contributed by atoms with Gasteiger partial charge in [0.25, 0.3) is 0 Å². The van der Waals surface area contributed by atoms with Gasteiger partial charge in [0, 0.05) is 6.42 Å². The summed E-state index contributed by atoms with van der Waals surface area (Å²) >= 11 is 0. The first-order valence-corrected chi connectivity index (χ1v) is 34.4. The summed E-state index contributed by atoms with van der Waals surface area (Å²) in [4.78, 5) is 13.1. The van der Waals surface area contributed by atoms with Gasteiger partial charge in [0.15, 0.2) is 6.29 Å². The zero-order valence-corrected chi connectivity index (χ0v) is 51.3. The lowest BCUT2D eigenvalue weighted by Gasteiger charge is -2.40. The maximum absolute atomic E-state index is 13.1. The van der Waals surface area contributed by atoms with Crippen molar-refractivity contribution < 1.29 is 39.8 Å². The number of amides is 1. The standard InChI is InChI=1S/C68H133NO8/c1-3-5-7-9-11-13-15-17-19-21-23-25-27-29-31-33-35-37-39-41-43-45-47-49-51-53-55-57-62(71)61(60-76-68-67(75)66(74)65(73)63(59-70)77-68)69-64(72)58-56-54-52-50-48-46-44-42-40-38-36-34-32-30-28-26-24-22-20-18-16-14-12-10-8-6-4-2/h22,24,61-63,65-68,70-71,73-75H,3-21,23,25-60H2,1-2H3,(H,69,72)/b24-22-. The van der Waals surface area contributed by atoms with Crippen molar-refractivity contribution in [1.82, 2.24) is 5.32 Å². The molecule has 0 aromatic carbocycles. The first-order valence-electron chi connectivity index (χ1n) is 34.4. The van der Waals surface area contributed by atoms with Crippen molar-refractivity contribution >= 4 is 5.91 Å². The van der Waals surface area contributed by atoms with E-state index in [4.69, 9.17) is 9.47 Å². The quantitative estimate of drug-likeness (QED) is 0.0261. The smallest absolute Gasteiger partial charge is 0.220 e. The normalized spacial score (nSPS) is 18.7. The number of nitrogens with one attached hydrogen (secondary N) is 1. The molecular formula is C68H133NO8. The van der Waals surface area contributed by atoms with Crippen molar-refractivity contribution in [2.45, 2.75) is 403 Å². The largest absolute Gasteiger partial charge is 0.394 e. The Kier molecular flexibility index (Phi) is 55.8. The Morgan fingerprint density at radius 3 is 1.05 bits per heavy atom. The van der Waals surface area contributed by atoms with E-state index in [9.17, 15) is 30.3 Å². The van der Waals surface area contributed by atoms with Crippen LogP contribution in [0.3, 0.4) is 0 Å². The van der Waals surface area contributed by atoms with E-state index in [2.05, 4.69) is 31.3 Å². The molecule has 0 spiro atoms. The van der Waals surface area contributed by atoms with Crippen molar-refractivity contribution in [3.05, 3.63) is 12.2 Å². The van der Waals surface area contributed by atoms with Gasteiger partial charge in [-0.15, -0.1) is 0 Å². The predicted octanol–water partition coefficient (Wildman–Crippen LogP) is 18.3. The molecule has 1 fully saturated rings. The number of allylic oxidation sites excluding steroid dienone is 2. The van der Waals surface area contributed by atoms with Gasteiger partial charge in [-0.1, -0.05) is 328 Å². The third-order valence-corrected chi connectivity index (χ3v) is 16.9. The summed E-state index contributed by atoms with van der Waals surface area (Å²) < 4.78 is 11.4. The fourth-order valence-electron chi connectivity index (χ4n) is 11.5. The highest BCUT2D eigenvalue weighted by Gasteiger charge is 2.44. The van der Waals surface area contributed by atoms with Crippen LogP contribution in [-0.2, 0) is 14.3 Å². The molecule has 0 aliphatic carbocycles. The van der Waals surface area contributed by atoms with Crippen LogP contribution in [0.25, 0.3) is 0 Å². The van der Waals surface area contributed by atoms with E-state index in [-0.39, 0.29) is 12.5 Å². The zero-order valence-electron chi connectivity index (χ0n) is 51.3. The summed E-state index contributed by atoms with van der Waals surface area (Å²) in [5.74, 6) is -0.136. The van der Waals surface area contributed by atoms with Crippen LogP contribution in [0.4, 0.5) is 0 Å². The zero-order chi connectivity index (χ0) is 55.8. The van der Waals surface area contributed by atoms with Gasteiger partial charge in [-0.25, -0.2) is 0 Å². The van der Waals surface area contributed by atoms with E-state index in [1.165, 1.54) is 295 Å². The highest BCUT2D eigenvalue weighted by atomic mass is 16.7. The second-order valence-corrected chi connectivity index (χ2v) is 24.3. The first kappa shape index (κ1) is 73.9. The van der Waals surface area contributed by atoms with Crippen molar-refractivity contribution in [2.24, 2.45) is 0 Å². The molecule has 1 aliphatic rings. The molecule has 9 nitrogen and oxygen atoms in total. The van der Waals surface area contributed by atoms with Gasteiger partial charge in [0.05, 0.1) is 25.4 Å². The van der Waals surface area contributed by atoms with Crippen LogP contribution < -0.4 is 5.32 Å². The molecule has 0 aromatic rings. The number of rotatable bonds is 61. The van der Waals surface area contributed by atoms with Crippen molar-refractivity contribution in [3.8, 4) is 0 Å². The summed E-state index contributed by atoms with van der Waals surface area (Å²) in [5, 5.41) is 54.9. The molecule has 0 bridgehead atoms. The van der Waals surface area contributed by atoms with Gasteiger partial charge < -0.3 is 40.3 Å². The molecule has 1 heterocycles. The third kappa shape index (κ3) is 47.2. The minimum Gasteiger partial charge on any atom is -0.394 e. The Balaban J connectivity index is 2.11. The van der Waals surface area contributed by atoms with Gasteiger partial charge in [-0.3, -0.25) is 4.79 Å². The number of carbonyl (C=O) groups is 1. The molecular weight excluding hydrogens is 959 g/mol. The minimum absolute atomic E-state index is 0.132. The van der Waals surface area contributed by atoms with Crippen LogP contribution in [0.2, 0.25) is 0 Å². The molecule has 0 saturated carbocycles. The summed E-state index contributed by atoms with van der Waals surface area (Å²) in [6, 6.07) is -0.717. The van der Waals surface area contributed by atoms with Crippen LogP contribution in [0.1, 0.15) is 361 Å². The molecule has 0 radical (unpaired) electrons. The highest BCUT2D eigenvalue weighted by molar-refractivity contribution is 5.76. The van der Waals surface area contributed by atoms with Gasteiger partial charge in [0.2, 0.25) is 5.91 Å². The van der Waals surface area contributed by atoms with Gasteiger partial charge in [-0.2, -0.15) is 0 Å². The van der Waals surface area contributed by atoms with Crippen LogP contribution in [0.15, 0.2) is 12.2 Å². The number of aliphatic hydroxyl groups is 5. The molecule has 7 atom stereocenters. The van der Waals surface area contributed by atoms with Gasteiger partial charge in [0.1, 0.15) is 24.4 Å². The van der Waals surface area contributed by atoms with E-state index in [0.29, 0.717) is 12.8 Å². The molecule has 7 unspecified atom stereocenters. The van der Waals surface area contributed by atoms with Crippen LogP contribution >= 0.6 is 0 Å². The van der Waals surface area contributed by atoms with E-state index in [1.54, 1.807) is 0 Å². The highest BCUT2D eigenvalue weighted by Crippen LogP contribution is 2.24. The van der Waals surface area contributed by atoms with Crippen LogP contribution in [-0.4, -0.2) is 87.5 Å². The monoisotopic (exact) mass is 1090 g/mol. The number of hydrogen-bond donors (Lipinski definition) is 6. The van der Waals surface area contributed by atoms with Crippen LogP contribution in [0.5, 0.6) is 0 Å². The maximum Gasteiger partial charge on any atom is 0.220 e. The Labute approximate surface area is 477 Å². The average molecular weight is 1090 g/mol. The van der Waals surface area contributed by atoms with Crippen molar-refractivity contribution in [2.75, 3.05) is 13.2 Å². The lowest BCUT2D eigenvalue weighted by molar-refractivity contribution is -0.302. The molecule has 1 aliphatic heterocycles. The Bertz CT molecular complexity index is 1220. The van der Waals surface area contributed by atoms with E-state index < -0.39 is 49.5 Å². The fourth-order valence-corrected chi connectivity index (χ4v) is 11.5. The predicted molar refractivity (Wildman–Crippen MR) is 327 cm³/mol. The molecule has 1 rings (SSSR count). The maximum atomic E-state index is 13.1. The summed E-state index contributed by atoms with van der Waals surface area (Å²) in [6.45, 7) is 3.90. The fraction of sp³-hybridized carbons (Fsp3) is 0.956. The van der Waals surface area contributed by atoms with Gasteiger partial charge in [-0.05, 0) is 38.5 Å². The van der Waals surface area contributed by atoms with E-state index >= 15 is 0 Å². The Hall–Kier alpha value is -1.07. The average Bonchev–Trinajstić information content (AvgIpc) is 3.43. The van der Waals surface area contributed by atoms with E-state index in [1.807, 2.05) is 0 Å². The summed E-state index contributed by atoms with van der Waals surface area (Å²) in [7, 11) is 0. The Morgan fingerprint density at radius 2 is 0.727 bits per heavy atom. The summed E-state index contributed by atoms with van der Waals surface area (Å²) in [6.07, 6.45) is 67.0. The van der Waals surface area contributed by atoms with Gasteiger partial charge >= 0.3 is 0 Å². The van der Waals surface area contributed by atoms with Crippen LogP contribution in [0, 0.1) is 0 Å². The second kappa shape index (κ2) is 58.1. The minimum atomic E-state index is -1.55. The Morgan fingerprint density at radius 1 is 0.429 bits per heavy atom. The SMILES string of the molecule is CCCCCCCCCC/C=C\CCCCCCCCCCCCCCCCCC(=O)NC(COC1OC(CO)C(O)C(O)C1O)C(O)CCCCCCCCCCCCCCCCCCCCCCCCCCCCC. The molecule has 6 N–H and O–H groups in total. The number of aliphatic hydroxyl groups excluding tert-OH is 5. The number of hydrogen-bond acceptors (Lipinski definition) is 8. The molecule has 1 saturated heterocycles. The summed E-state index contributed by atoms with van der Waals surface area (Å²) in [5.41, 5.74) is 0. The van der Waals surface area contributed by atoms with Crippen molar-refractivity contribution in [1.29, 1.82) is 0 Å². The molecule has 9 heteroatoms. The lowest BCUT2D eigenvalue weighted by Crippen LogP contribution is -2.60. The molecule has 458 valence electrons. The first-order chi connectivity index (χ1) is 37.8. The number of carbonyl (C=O) groups excluding carboxylic acids is 1. The molecule has 77 heavy (non-hydrogen) atoms. The lowest BCUT2D eigenvalue weighted by atomic mass is 9.99. The van der Waals surface area contributed by atoms with Crippen molar-refractivity contribution in [3.63, 3.8) is 0 Å². The second-order valence-electron chi connectivity index (χ2n) is 24.3. The topological polar surface area (TPSA) is 149 Å². The third-order valence-electron chi connectivity index (χ3n) is 16.9. The molecule has 0 aromatic heterocycles. The number of ether oxygens (including phenoxy) is 2. The molecule has 1 amide bonds.